The molecule has 1 N–H and O–H groups in total. The second kappa shape index (κ2) is 5.13. The largest absolute Gasteiger partial charge is 0.496 e. The molecule has 2 heterocycles. The Bertz CT molecular complexity index is 674. The SMILES string of the molecule is COc1ccc(CN2CCn3c(n[nH]c3=O)C2)cc1C. The fourth-order valence-electron chi connectivity index (χ4n) is 2.65. The number of methoxy groups -OCH3 is 1. The van der Waals surface area contributed by atoms with Gasteiger partial charge in [-0.3, -0.25) is 9.47 Å². The summed E-state index contributed by atoms with van der Waals surface area (Å²) in [6, 6.07) is 6.22. The molecule has 0 fully saturated rings. The van der Waals surface area contributed by atoms with Gasteiger partial charge >= 0.3 is 5.69 Å². The van der Waals surface area contributed by atoms with E-state index in [1.54, 1.807) is 11.7 Å². The Hall–Kier alpha value is -2.08. The number of nitrogens with zero attached hydrogens (tertiary/aromatic N) is 3. The Balaban J connectivity index is 1.73. The third-order valence-electron chi connectivity index (χ3n) is 3.71. The van der Waals surface area contributed by atoms with Gasteiger partial charge in [0.15, 0.2) is 0 Å². The highest BCUT2D eigenvalue weighted by Gasteiger charge is 2.19. The van der Waals surface area contributed by atoms with Gasteiger partial charge in [-0.2, -0.15) is 5.10 Å². The number of fused-ring (bicyclic) bond motifs is 1. The first kappa shape index (κ1) is 12.9. The van der Waals surface area contributed by atoms with Gasteiger partial charge in [0.05, 0.1) is 13.7 Å². The van der Waals surface area contributed by atoms with Crippen LogP contribution in [-0.2, 0) is 19.6 Å². The van der Waals surface area contributed by atoms with Crippen molar-refractivity contribution in [3.8, 4) is 5.75 Å². The monoisotopic (exact) mass is 274 g/mol. The van der Waals surface area contributed by atoms with Gasteiger partial charge in [-0.25, -0.2) is 9.89 Å². The predicted octanol–water partition coefficient (Wildman–Crippen LogP) is 0.904. The second-order valence-corrected chi connectivity index (χ2v) is 5.11. The van der Waals surface area contributed by atoms with Crippen LogP contribution in [0.1, 0.15) is 17.0 Å². The van der Waals surface area contributed by atoms with E-state index in [0.717, 1.165) is 30.2 Å². The fraction of sp³-hybridized carbons (Fsp3) is 0.429. The van der Waals surface area contributed by atoms with Crippen molar-refractivity contribution >= 4 is 0 Å². The van der Waals surface area contributed by atoms with Gasteiger partial charge in [0.1, 0.15) is 11.6 Å². The van der Waals surface area contributed by atoms with Gasteiger partial charge in [0.25, 0.3) is 0 Å². The summed E-state index contributed by atoms with van der Waals surface area (Å²) in [5, 5.41) is 6.56. The topological polar surface area (TPSA) is 63.1 Å². The average molecular weight is 274 g/mol. The Morgan fingerprint density at radius 2 is 2.25 bits per heavy atom. The third kappa shape index (κ3) is 2.34. The molecule has 1 aliphatic rings. The molecule has 1 aliphatic heterocycles. The van der Waals surface area contributed by atoms with Crippen molar-refractivity contribution in [2.45, 2.75) is 26.6 Å². The number of ether oxygens (including phenoxy) is 1. The zero-order valence-electron chi connectivity index (χ0n) is 11.7. The molecule has 20 heavy (non-hydrogen) atoms. The standard InChI is InChI=1S/C14H18N4O2/c1-10-7-11(3-4-12(10)20-2)8-17-5-6-18-13(9-17)15-16-14(18)19/h3-4,7H,5-6,8-9H2,1-2H3,(H,16,19). The molecule has 0 radical (unpaired) electrons. The first-order chi connectivity index (χ1) is 9.67. The number of H-pyrrole nitrogens is 1. The molecular weight excluding hydrogens is 256 g/mol. The molecule has 1 aromatic heterocycles. The van der Waals surface area contributed by atoms with E-state index in [2.05, 4.69) is 27.2 Å². The van der Waals surface area contributed by atoms with Crippen LogP contribution in [0.4, 0.5) is 0 Å². The van der Waals surface area contributed by atoms with Crippen molar-refractivity contribution in [2.24, 2.45) is 0 Å². The minimum absolute atomic E-state index is 0.111. The lowest BCUT2D eigenvalue weighted by Crippen LogP contribution is -2.36. The van der Waals surface area contributed by atoms with Gasteiger partial charge in [-0.15, -0.1) is 0 Å². The van der Waals surface area contributed by atoms with Gasteiger partial charge in [0.2, 0.25) is 0 Å². The lowest BCUT2D eigenvalue weighted by atomic mass is 10.1. The Labute approximate surface area is 117 Å². The van der Waals surface area contributed by atoms with E-state index in [0.29, 0.717) is 13.1 Å². The van der Waals surface area contributed by atoms with E-state index >= 15 is 0 Å². The normalized spacial score (nSPS) is 15.1. The minimum atomic E-state index is -0.111. The number of aryl methyl sites for hydroxylation is 1. The quantitative estimate of drug-likeness (QED) is 0.903. The van der Waals surface area contributed by atoms with Crippen LogP contribution in [0.2, 0.25) is 0 Å². The average Bonchev–Trinajstić information content (AvgIpc) is 2.80. The summed E-state index contributed by atoms with van der Waals surface area (Å²) in [7, 11) is 1.68. The number of hydrogen-bond donors (Lipinski definition) is 1. The maximum absolute atomic E-state index is 11.5. The molecule has 0 atom stereocenters. The second-order valence-electron chi connectivity index (χ2n) is 5.11. The maximum atomic E-state index is 11.5. The predicted molar refractivity (Wildman–Crippen MR) is 74.7 cm³/mol. The Kier molecular flexibility index (Phi) is 3.31. The lowest BCUT2D eigenvalue weighted by molar-refractivity contribution is 0.207. The van der Waals surface area contributed by atoms with Gasteiger partial charge in [-0.1, -0.05) is 12.1 Å². The van der Waals surface area contributed by atoms with Crippen LogP contribution in [0.3, 0.4) is 0 Å². The number of benzene rings is 1. The highest BCUT2D eigenvalue weighted by molar-refractivity contribution is 5.36. The highest BCUT2D eigenvalue weighted by Crippen LogP contribution is 2.20. The summed E-state index contributed by atoms with van der Waals surface area (Å²) >= 11 is 0. The summed E-state index contributed by atoms with van der Waals surface area (Å²) in [5.74, 6) is 1.72. The fourth-order valence-corrected chi connectivity index (χ4v) is 2.65. The number of aromatic nitrogens is 3. The number of rotatable bonds is 3. The molecular formula is C14H18N4O2. The Morgan fingerprint density at radius 1 is 1.40 bits per heavy atom. The smallest absolute Gasteiger partial charge is 0.343 e. The van der Waals surface area contributed by atoms with Crippen molar-refractivity contribution in [2.75, 3.05) is 13.7 Å². The first-order valence-electron chi connectivity index (χ1n) is 6.67. The summed E-state index contributed by atoms with van der Waals surface area (Å²) in [6.07, 6.45) is 0. The number of nitrogens with one attached hydrogen (secondary N) is 1. The van der Waals surface area contributed by atoms with Crippen molar-refractivity contribution in [1.82, 2.24) is 19.7 Å². The van der Waals surface area contributed by atoms with E-state index in [4.69, 9.17) is 4.74 Å². The molecule has 0 bridgehead atoms. The van der Waals surface area contributed by atoms with E-state index in [1.807, 2.05) is 13.0 Å². The molecule has 0 saturated heterocycles. The summed E-state index contributed by atoms with van der Waals surface area (Å²) in [5.41, 5.74) is 2.27. The van der Waals surface area contributed by atoms with E-state index in [9.17, 15) is 4.79 Å². The maximum Gasteiger partial charge on any atom is 0.343 e. The molecule has 1 aromatic carbocycles. The number of aromatic amines is 1. The van der Waals surface area contributed by atoms with Crippen molar-refractivity contribution in [3.63, 3.8) is 0 Å². The molecule has 0 saturated carbocycles. The zero-order valence-corrected chi connectivity index (χ0v) is 11.7. The highest BCUT2D eigenvalue weighted by atomic mass is 16.5. The van der Waals surface area contributed by atoms with Gasteiger partial charge < -0.3 is 4.74 Å². The summed E-state index contributed by atoms with van der Waals surface area (Å²) in [4.78, 5) is 13.7. The van der Waals surface area contributed by atoms with Crippen LogP contribution >= 0.6 is 0 Å². The van der Waals surface area contributed by atoms with Crippen LogP contribution in [0.5, 0.6) is 5.75 Å². The summed E-state index contributed by atoms with van der Waals surface area (Å²) in [6.45, 7) is 5.15. The lowest BCUT2D eigenvalue weighted by Gasteiger charge is -2.26. The third-order valence-corrected chi connectivity index (χ3v) is 3.71. The molecule has 6 heteroatoms. The van der Waals surface area contributed by atoms with Crippen LogP contribution < -0.4 is 10.4 Å². The molecule has 0 aliphatic carbocycles. The van der Waals surface area contributed by atoms with Crippen LogP contribution in [0, 0.1) is 6.92 Å². The molecule has 0 amide bonds. The zero-order chi connectivity index (χ0) is 14.1. The van der Waals surface area contributed by atoms with Crippen LogP contribution in [0.25, 0.3) is 0 Å². The summed E-state index contributed by atoms with van der Waals surface area (Å²) < 4.78 is 6.98. The molecule has 3 rings (SSSR count). The Morgan fingerprint density at radius 3 is 3.00 bits per heavy atom. The first-order valence-corrected chi connectivity index (χ1v) is 6.67. The van der Waals surface area contributed by atoms with Crippen LogP contribution in [0.15, 0.2) is 23.0 Å². The molecule has 2 aromatic rings. The molecule has 0 spiro atoms. The molecule has 0 unspecified atom stereocenters. The number of hydrogen-bond acceptors (Lipinski definition) is 4. The minimum Gasteiger partial charge on any atom is -0.496 e. The van der Waals surface area contributed by atoms with E-state index < -0.39 is 0 Å². The van der Waals surface area contributed by atoms with Gasteiger partial charge in [-0.05, 0) is 24.1 Å². The van der Waals surface area contributed by atoms with Gasteiger partial charge in [0, 0.05) is 19.6 Å². The van der Waals surface area contributed by atoms with Crippen molar-refractivity contribution < 1.29 is 4.74 Å². The van der Waals surface area contributed by atoms with Crippen LogP contribution in [-0.4, -0.2) is 33.3 Å². The molecule has 6 nitrogen and oxygen atoms in total. The van der Waals surface area contributed by atoms with Crippen molar-refractivity contribution in [1.29, 1.82) is 0 Å². The van der Waals surface area contributed by atoms with E-state index in [-0.39, 0.29) is 5.69 Å². The van der Waals surface area contributed by atoms with Crippen molar-refractivity contribution in [3.05, 3.63) is 45.6 Å². The van der Waals surface area contributed by atoms with E-state index in [1.165, 1.54) is 5.56 Å². The molecule has 106 valence electrons.